The number of hydrogen-bond donors (Lipinski definition) is 3. The highest BCUT2D eigenvalue weighted by molar-refractivity contribution is 5.04. The third-order valence-electron chi connectivity index (χ3n) is 1.17. The molecule has 0 unspecified atom stereocenters. The first-order valence-corrected chi connectivity index (χ1v) is 3.38. The first-order valence-electron chi connectivity index (χ1n) is 3.38. The molecular formula is C3H9N11. The van der Waals surface area contributed by atoms with Crippen LogP contribution in [0.15, 0.2) is 0 Å². The van der Waals surface area contributed by atoms with Crippen LogP contribution in [-0.4, -0.2) is 30.7 Å². The Morgan fingerprint density at radius 1 is 1.43 bits per heavy atom. The van der Waals surface area contributed by atoms with Gasteiger partial charge in [0.15, 0.2) is 0 Å². The van der Waals surface area contributed by atoms with Crippen molar-refractivity contribution in [1.29, 1.82) is 0 Å². The minimum Gasteiger partial charge on any atom is -0.430 e. The average Bonchev–Trinajstić information content (AvgIpc) is 2.73. The summed E-state index contributed by atoms with van der Waals surface area (Å²) < 4.78 is 1.38. The second-order valence-corrected chi connectivity index (χ2v) is 2.14. The lowest BCUT2D eigenvalue weighted by Crippen LogP contribution is -2.34. The molecule has 11 heteroatoms. The van der Waals surface area contributed by atoms with Crippen LogP contribution in [0.25, 0.3) is 0 Å². The lowest BCUT2D eigenvalue weighted by atomic mass is 11.0. The molecule has 2 aromatic rings. The summed E-state index contributed by atoms with van der Waals surface area (Å²) in [6, 6.07) is 0. The zero-order valence-electron chi connectivity index (χ0n) is 7.31. The summed E-state index contributed by atoms with van der Waals surface area (Å²) in [4.78, 5) is 1.00. The SMILES string of the molecule is C[n+]1nnn(N)c1N.Nc1nnn[n-]1. The molecule has 6 N–H and O–H groups in total. The van der Waals surface area contributed by atoms with Gasteiger partial charge in [0.05, 0.1) is 18.2 Å². The zero-order valence-corrected chi connectivity index (χ0v) is 7.31. The molecule has 0 aliphatic rings. The van der Waals surface area contributed by atoms with Gasteiger partial charge in [0.1, 0.15) is 5.21 Å². The van der Waals surface area contributed by atoms with Crippen LogP contribution in [0, 0.1) is 0 Å². The van der Waals surface area contributed by atoms with E-state index in [-0.39, 0.29) is 5.95 Å². The molecule has 14 heavy (non-hydrogen) atoms. The molecule has 76 valence electrons. The van der Waals surface area contributed by atoms with Gasteiger partial charge in [-0.05, 0) is 0 Å². The maximum absolute atomic E-state index is 5.28. The molecule has 2 heterocycles. The first kappa shape index (κ1) is 9.63. The predicted molar refractivity (Wildman–Crippen MR) is 43.3 cm³/mol. The number of aryl methyl sites for hydroxylation is 1. The van der Waals surface area contributed by atoms with Crippen molar-refractivity contribution in [2.75, 3.05) is 17.3 Å². The van der Waals surface area contributed by atoms with E-state index >= 15 is 0 Å². The fourth-order valence-electron chi connectivity index (χ4n) is 0.495. The van der Waals surface area contributed by atoms with Gasteiger partial charge in [0.2, 0.25) is 0 Å². The third-order valence-corrected chi connectivity index (χ3v) is 1.17. The van der Waals surface area contributed by atoms with Gasteiger partial charge in [-0.3, -0.25) is 10.9 Å². The van der Waals surface area contributed by atoms with E-state index in [2.05, 4.69) is 31.1 Å². The molecule has 0 aliphatic carbocycles. The van der Waals surface area contributed by atoms with Gasteiger partial charge in [-0.25, -0.2) is 5.10 Å². The van der Waals surface area contributed by atoms with Crippen molar-refractivity contribution in [2.45, 2.75) is 0 Å². The average molecular weight is 199 g/mol. The Morgan fingerprint density at radius 3 is 2.29 bits per heavy atom. The third kappa shape index (κ3) is 2.26. The highest BCUT2D eigenvalue weighted by Crippen LogP contribution is 1.75. The quantitative estimate of drug-likeness (QED) is 0.281. The van der Waals surface area contributed by atoms with Crippen molar-refractivity contribution in [2.24, 2.45) is 7.05 Å². The molecule has 0 saturated heterocycles. The topological polar surface area (TPSA) is 165 Å². The highest BCUT2D eigenvalue weighted by atomic mass is 15.7. The van der Waals surface area contributed by atoms with Crippen molar-refractivity contribution in [3.05, 3.63) is 0 Å². The van der Waals surface area contributed by atoms with Gasteiger partial charge in [-0.1, -0.05) is 0 Å². The van der Waals surface area contributed by atoms with E-state index in [9.17, 15) is 0 Å². The van der Waals surface area contributed by atoms with Gasteiger partial charge < -0.3 is 11.5 Å². The van der Waals surface area contributed by atoms with E-state index in [0.717, 1.165) is 4.79 Å². The summed E-state index contributed by atoms with van der Waals surface area (Å²) >= 11 is 0. The summed E-state index contributed by atoms with van der Waals surface area (Å²) in [5.41, 5.74) is 10.2. The van der Waals surface area contributed by atoms with Gasteiger partial charge in [0.25, 0.3) is 0 Å². The summed E-state index contributed by atoms with van der Waals surface area (Å²) in [7, 11) is 1.66. The molecular weight excluding hydrogens is 190 g/mol. The Bertz CT molecular complexity index is 352. The number of rotatable bonds is 0. The minimum absolute atomic E-state index is 0.120. The van der Waals surface area contributed by atoms with Gasteiger partial charge in [-0.15, -0.1) is 9.90 Å². The molecule has 2 rings (SSSR count). The molecule has 0 atom stereocenters. The van der Waals surface area contributed by atoms with Gasteiger partial charge in [-0.2, -0.15) is 5.21 Å². The highest BCUT2D eigenvalue weighted by Gasteiger charge is 2.06. The number of anilines is 2. The molecule has 0 bridgehead atoms. The largest absolute Gasteiger partial charge is 0.430 e. The van der Waals surface area contributed by atoms with E-state index in [1.165, 1.54) is 4.68 Å². The van der Waals surface area contributed by atoms with Gasteiger partial charge >= 0.3 is 5.95 Å². The predicted octanol–water partition coefficient (Wildman–Crippen LogP) is -4.19. The summed E-state index contributed by atoms with van der Waals surface area (Å²) in [6.07, 6.45) is 0. The maximum Gasteiger partial charge on any atom is 0.385 e. The van der Waals surface area contributed by atoms with Crippen LogP contribution < -0.4 is 27.1 Å². The second kappa shape index (κ2) is 3.97. The Labute approximate surface area is 77.8 Å². The number of nitrogens with two attached hydrogens (primary N) is 3. The number of aromatic nitrogens is 8. The van der Waals surface area contributed by atoms with Crippen LogP contribution in [0.5, 0.6) is 0 Å². The number of hydrogen-bond acceptors (Lipinski definition) is 8. The van der Waals surface area contributed by atoms with Crippen LogP contribution in [0.4, 0.5) is 11.9 Å². The molecule has 0 radical (unpaired) electrons. The molecule has 2 aromatic heterocycles. The van der Waals surface area contributed by atoms with E-state index in [1.54, 1.807) is 7.05 Å². The number of tetrazole rings is 2. The standard InChI is InChI=1S/C2H6N6.CH2N5/c1-7-2(3)8(4)6-5-7;2-1-3-5-6-4-1/h3H,4H2,1H3;(H2-,2,3,4,5,6)/q;-1/p+1. The van der Waals surface area contributed by atoms with E-state index < -0.39 is 0 Å². The summed E-state index contributed by atoms with van der Waals surface area (Å²) in [5, 5.41) is 19.5. The van der Waals surface area contributed by atoms with E-state index in [1.807, 2.05) is 0 Å². The second-order valence-electron chi connectivity index (χ2n) is 2.14. The van der Waals surface area contributed by atoms with Crippen molar-refractivity contribution >= 4 is 11.9 Å². The molecule has 0 aromatic carbocycles. The molecule has 0 spiro atoms. The normalized spacial score (nSPS) is 9.21. The fraction of sp³-hybridized carbons (Fsp3) is 0.333. The van der Waals surface area contributed by atoms with Crippen molar-refractivity contribution < 1.29 is 4.68 Å². The summed E-state index contributed by atoms with van der Waals surface area (Å²) in [5.74, 6) is 5.58. The Balaban J connectivity index is 0.000000146. The van der Waals surface area contributed by atoms with Crippen LogP contribution in [0.3, 0.4) is 0 Å². The molecule has 0 saturated carbocycles. The smallest absolute Gasteiger partial charge is 0.385 e. The minimum atomic E-state index is 0.120. The maximum atomic E-state index is 5.28. The fourth-order valence-corrected chi connectivity index (χ4v) is 0.495. The zero-order chi connectivity index (χ0) is 10.6. The van der Waals surface area contributed by atoms with Crippen LogP contribution in [0.1, 0.15) is 0 Å². The summed E-state index contributed by atoms with van der Waals surface area (Å²) in [6.45, 7) is 0. The monoisotopic (exact) mass is 199 g/mol. The van der Waals surface area contributed by atoms with Crippen molar-refractivity contribution in [3.63, 3.8) is 0 Å². The van der Waals surface area contributed by atoms with Gasteiger partial charge in [0, 0.05) is 4.79 Å². The molecule has 0 aliphatic heterocycles. The molecule has 0 fully saturated rings. The Morgan fingerprint density at radius 2 is 2.14 bits per heavy atom. The lowest BCUT2D eigenvalue weighted by molar-refractivity contribution is -0.718. The molecule has 11 nitrogen and oxygen atoms in total. The van der Waals surface area contributed by atoms with Crippen LogP contribution in [-0.2, 0) is 7.05 Å². The van der Waals surface area contributed by atoms with E-state index in [4.69, 9.17) is 17.3 Å². The Kier molecular flexibility index (Phi) is 2.73. The van der Waals surface area contributed by atoms with Crippen LogP contribution in [0.2, 0.25) is 0 Å². The van der Waals surface area contributed by atoms with Crippen molar-refractivity contribution in [1.82, 2.24) is 35.8 Å². The molecule has 0 amide bonds. The number of nitrogens with zero attached hydrogens (tertiary/aromatic N) is 8. The van der Waals surface area contributed by atoms with E-state index in [0.29, 0.717) is 5.95 Å². The van der Waals surface area contributed by atoms with Crippen LogP contribution >= 0.6 is 0 Å². The number of nitrogen functional groups attached to an aromatic ring is 3. The Hall–Kier alpha value is -2.46. The lowest BCUT2D eigenvalue weighted by Gasteiger charge is -1.79. The first-order chi connectivity index (χ1) is 6.61. The van der Waals surface area contributed by atoms with Crippen molar-refractivity contribution in [3.8, 4) is 0 Å².